The number of hydrogen-bond donors (Lipinski definition) is 2. The van der Waals surface area contributed by atoms with Crippen molar-refractivity contribution in [1.82, 2.24) is 14.9 Å². The van der Waals surface area contributed by atoms with Crippen LogP contribution >= 0.6 is 0 Å². The standard InChI is InChI=1S/C13H18N4/c1-17-7-6-9(14)8-12(17)13-15-10-4-2-3-5-11(10)16-13/h2-5,9,12H,6-8,14H2,1H3,(H,15,16). The third kappa shape index (κ3) is 1.94. The van der Waals surface area contributed by atoms with Crippen molar-refractivity contribution in [3.05, 3.63) is 30.1 Å². The molecule has 1 aliphatic heterocycles. The van der Waals surface area contributed by atoms with Crippen molar-refractivity contribution in [2.24, 2.45) is 5.73 Å². The number of rotatable bonds is 1. The molecule has 0 radical (unpaired) electrons. The van der Waals surface area contributed by atoms with Crippen molar-refractivity contribution in [3.63, 3.8) is 0 Å². The summed E-state index contributed by atoms with van der Waals surface area (Å²) < 4.78 is 0. The summed E-state index contributed by atoms with van der Waals surface area (Å²) in [6.45, 7) is 1.04. The van der Waals surface area contributed by atoms with E-state index in [1.54, 1.807) is 0 Å². The number of benzene rings is 1. The van der Waals surface area contributed by atoms with Crippen molar-refractivity contribution in [2.45, 2.75) is 24.9 Å². The highest BCUT2D eigenvalue weighted by atomic mass is 15.2. The largest absolute Gasteiger partial charge is 0.341 e. The summed E-state index contributed by atoms with van der Waals surface area (Å²) in [6.07, 6.45) is 2.06. The molecule has 1 fully saturated rings. The predicted molar refractivity (Wildman–Crippen MR) is 68.7 cm³/mol. The first-order valence-corrected chi connectivity index (χ1v) is 6.14. The monoisotopic (exact) mass is 230 g/mol. The fraction of sp³-hybridized carbons (Fsp3) is 0.462. The molecule has 3 N–H and O–H groups in total. The molecule has 0 bridgehead atoms. The molecular formula is C13H18N4. The molecule has 0 spiro atoms. The van der Waals surface area contributed by atoms with Gasteiger partial charge in [0.05, 0.1) is 17.1 Å². The molecule has 4 nitrogen and oxygen atoms in total. The van der Waals surface area contributed by atoms with Gasteiger partial charge in [0.2, 0.25) is 0 Å². The molecule has 1 aliphatic rings. The summed E-state index contributed by atoms with van der Waals surface area (Å²) in [4.78, 5) is 10.4. The summed E-state index contributed by atoms with van der Waals surface area (Å²) >= 11 is 0. The Labute approximate surface area is 101 Å². The van der Waals surface area contributed by atoms with Gasteiger partial charge in [-0.15, -0.1) is 0 Å². The fourth-order valence-corrected chi connectivity index (χ4v) is 2.56. The molecule has 2 aromatic rings. The number of nitrogens with two attached hydrogens (primary N) is 1. The first kappa shape index (κ1) is 10.7. The van der Waals surface area contributed by atoms with E-state index in [-0.39, 0.29) is 0 Å². The second-order valence-electron chi connectivity index (χ2n) is 4.92. The Morgan fingerprint density at radius 1 is 1.41 bits per heavy atom. The van der Waals surface area contributed by atoms with E-state index in [2.05, 4.69) is 28.0 Å². The van der Waals surface area contributed by atoms with Crippen molar-refractivity contribution in [3.8, 4) is 0 Å². The minimum Gasteiger partial charge on any atom is -0.341 e. The van der Waals surface area contributed by atoms with Crippen molar-refractivity contribution in [1.29, 1.82) is 0 Å². The normalized spacial score (nSPS) is 26.5. The van der Waals surface area contributed by atoms with Crippen LogP contribution < -0.4 is 5.73 Å². The van der Waals surface area contributed by atoms with Gasteiger partial charge in [-0.05, 0) is 32.0 Å². The maximum atomic E-state index is 6.05. The predicted octanol–water partition coefficient (Wildman–Crippen LogP) is 1.66. The van der Waals surface area contributed by atoms with Gasteiger partial charge >= 0.3 is 0 Å². The van der Waals surface area contributed by atoms with Crippen LogP contribution in [0, 0.1) is 0 Å². The zero-order valence-electron chi connectivity index (χ0n) is 10.1. The minimum absolute atomic E-state index is 0.296. The van der Waals surface area contributed by atoms with Crippen LogP contribution in [0.2, 0.25) is 0 Å². The molecule has 2 heterocycles. The van der Waals surface area contributed by atoms with Crippen LogP contribution in [0.3, 0.4) is 0 Å². The number of piperidine rings is 1. The number of H-pyrrole nitrogens is 1. The maximum Gasteiger partial charge on any atom is 0.124 e. The number of hydrogen-bond acceptors (Lipinski definition) is 3. The SMILES string of the molecule is CN1CCC(N)CC1c1nc2ccccc2[nH]1. The molecule has 90 valence electrons. The number of fused-ring (bicyclic) bond motifs is 1. The molecule has 0 amide bonds. The molecule has 4 heteroatoms. The number of aromatic amines is 1. The molecule has 1 aromatic heterocycles. The van der Waals surface area contributed by atoms with Crippen molar-refractivity contribution in [2.75, 3.05) is 13.6 Å². The number of aromatic nitrogens is 2. The summed E-state index contributed by atoms with van der Waals surface area (Å²) in [7, 11) is 2.14. The maximum absolute atomic E-state index is 6.05. The van der Waals surface area contributed by atoms with E-state index in [0.717, 1.165) is 36.2 Å². The van der Waals surface area contributed by atoms with E-state index in [9.17, 15) is 0 Å². The molecule has 0 aliphatic carbocycles. The molecule has 2 atom stereocenters. The average Bonchev–Trinajstić information content (AvgIpc) is 2.75. The van der Waals surface area contributed by atoms with Crippen LogP contribution in [-0.4, -0.2) is 34.5 Å². The first-order chi connectivity index (χ1) is 8.24. The third-order valence-corrected chi connectivity index (χ3v) is 3.63. The lowest BCUT2D eigenvalue weighted by Crippen LogP contribution is -2.40. The van der Waals surface area contributed by atoms with E-state index >= 15 is 0 Å². The molecular weight excluding hydrogens is 212 g/mol. The smallest absolute Gasteiger partial charge is 0.124 e. The number of para-hydroxylation sites is 2. The zero-order valence-corrected chi connectivity index (χ0v) is 10.1. The average molecular weight is 230 g/mol. The van der Waals surface area contributed by atoms with Crippen LogP contribution in [-0.2, 0) is 0 Å². The molecule has 3 rings (SSSR count). The van der Waals surface area contributed by atoms with Crippen molar-refractivity contribution < 1.29 is 0 Å². The molecule has 0 saturated carbocycles. The van der Waals surface area contributed by atoms with Gasteiger partial charge in [-0.25, -0.2) is 4.98 Å². The highest BCUT2D eigenvalue weighted by Crippen LogP contribution is 2.28. The second-order valence-corrected chi connectivity index (χ2v) is 4.92. The number of nitrogens with one attached hydrogen (secondary N) is 1. The fourth-order valence-electron chi connectivity index (χ4n) is 2.56. The van der Waals surface area contributed by atoms with Crippen molar-refractivity contribution >= 4 is 11.0 Å². The molecule has 1 saturated heterocycles. The van der Waals surface area contributed by atoms with Crippen LogP contribution in [0.5, 0.6) is 0 Å². The van der Waals surface area contributed by atoms with Crippen LogP contribution in [0.1, 0.15) is 24.7 Å². The Bertz CT molecular complexity index is 486. The second kappa shape index (κ2) is 4.13. The Morgan fingerprint density at radius 3 is 3.06 bits per heavy atom. The van der Waals surface area contributed by atoms with Gasteiger partial charge in [0.25, 0.3) is 0 Å². The summed E-state index contributed by atoms with van der Waals surface area (Å²) in [5.74, 6) is 1.05. The van der Waals surface area contributed by atoms with Gasteiger partial charge in [0.1, 0.15) is 5.82 Å². The number of likely N-dealkylation sites (tertiary alicyclic amines) is 1. The van der Waals surface area contributed by atoms with Crippen LogP contribution in [0.25, 0.3) is 11.0 Å². The van der Waals surface area contributed by atoms with E-state index in [0.29, 0.717) is 12.1 Å². The van der Waals surface area contributed by atoms with E-state index < -0.39 is 0 Å². The highest BCUT2D eigenvalue weighted by Gasteiger charge is 2.27. The molecule has 1 aromatic carbocycles. The van der Waals surface area contributed by atoms with Gasteiger partial charge in [0, 0.05) is 12.6 Å². The Hall–Kier alpha value is -1.39. The van der Waals surface area contributed by atoms with Gasteiger partial charge in [-0.2, -0.15) is 0 Å². The summed E-state index contributed by atoms with van der Waals surface area (Å²) in [6, 6.07) is 8.77. The molecule has 17 heavy (non-hydrogen) atoms. The Balaban J connectivity index is 1.96. The number of nitrogens with zero attached hydrogens (tertiary/aromatic N) is 2. The highest BCUT2D eigenvalue weighted by molar-refractivity contribution is 5.74. The van der Waals surface area contributed by atoms with E-state index in [4.69, 9.17) is 5.73 Å². The van der Waals surface area contributed by atoms with Gasteiger partial charge < -0.3 is 10.7 Å². The lowest BCUT2D eigenvalue weighted by molar-refractivity contribution is 0.165. The van der Waals surface area contributed by atoms with Gasteiger partial charge in [0.15, 0.2) is 0 Å². The van der Waals surface area contributed by atoms with Gasteiger partial charge in [-0.3, -0.25) is 4.90 Å². The lowest BCUT2D eigenvalue weighted by atomic mass is 9.98. The zero-order chi connectivity index (χ0) is 11.8. The Morgan fingerprint density at radius 2 is 2.24 bits per heavy atom. The summed E-state index contributed by atoms with van der Waals surface area (Å²) in [5.41, 5.74) is 8.19. The number of imidazole rings is 1. The third-order valence-electron chi connectivity index (χ3n) is 3.63. The lowest BCUT2D eigenvalue weighted by Gasteiger charge is -2.34. The van der Waals surface area contributed by atoms with Crippen LogP contribution in [0.4, 0.5) is 0 Å². The summed E-state index contributed by atoms with van der Waals surface area (Å²) in [5, 5.41) is 0. The topological polar surface area (TPSA) is 57.9 Å². The quantitative estimate of drug-likeness (QED) is 0.783. The first-order valence-electron chi connectivity index (χ1n) is 6.14. The van der Waals surface area contributed by atoms with E-state index in [1.165, 1.54) is 0 Å². The Kier molecular flexibility index (Phi) is 2.61. The van der Waals surface area contributed by atoms with Crippen LogP contribution in [0.15, 0.2) is 24.3 Å². The van der Waals surface area contributed by atoms with E-state index in [1.807, 2.05) is 18.2 Å². The minimum atomic E-state index is 0.296. The molecule has 2 unspecified atom stereocenters. The van der Waals surface area contributed by atoms with Gasteiger partial charge in [-0.1, -0.05) is 12.1 Å².